The molecule has 6 nitrogen and oxygen atoms in total. The second-order valence-electron chi connectivity index (χ2n) is 6.08. The molecule has 2 rings (SSSR count). The maximum absolute atomic E-state index is 12.3. The number of rotatable bonds is 9. The lowest BCUT2D eigenvalue weighted by Crippen LogP contribution is -2.26. The predicted molar refractivity (Wildman–Crippen MR) is 102 cm³/mol. The third-order valence-corrected chi connectivity index (χ3v) is 6.42. The van der Waals surface area contributed by atoms with E-state index in [2.05, 4.69) is 11.6 Å². The zero-order valence-corrected chi connectivity index (χ0v) is 16.3. The Labute approximate surface area is 155 Å². The molecule has 142 valence electrons. The number of nitrogens with one attached hydrogen (secondary N) is 1. The molecular weight excluding hydrogens is 372 g/mol. The summed E-state index contributed by atoms with van der Waals surface area (Å²) < 4.78 is 49.6. The van der Waals surface area contributed by atoms with E-state index < -0.39 is 20.0 Å². The maximum atomic E-state index is 12.3. The lowest BCUT2D eigenvalue weighted by atomic mass is 10.1. The van der Waals surface area contributed by atoms with E-state index in [0.717, 1.165) is 30.4 Å². The van der Waals surface area contributed by atoms with E-state index in [4.69, 9.17) is 5.14 Å². The molecule has 8 heteroatoms. The van der Waals surface area contributed by atoms with Crippen molar-refractivity contribution >= 4 is 20.0 Å². The van der Waals surface area contributed by atoms with Gasteiger partial charge in [-0.3, -0.25) is 0 Å². The highest BCUT2D eigenvalue weighted by atomic mass is 32.2. The smallest absolute Gasteiger partial charge is 0.225 e. The van der Waals surface area contributed by atoms with Crippen molar-refractivity contribution in [3.63, 3.8) is 0 Å². The lowest BCUT2D eigenvalue weighted by molar-refractivity contribution is 0.581. The van der Waals surface area contributed by atoms with Crippen LogP contribution in [0.25, 0.3) is 0 Å². The van der Waals surface area contributed by atoms with Gasteiger partial charge in [0.05, 0.1) is 9.79 Å². The number of unbranched alkanes of at least 4 members (excludes halogenated alkanes) is 1. The summed E-state index contributed by atoms with van der Waals surface area (Å²) in [5.74, 6) is 0. The normalized spacial score (nSPS) is 12.2. The number of primary sulfonamides is 1. The highest BCUT2D eigenvalue weighted by Gasteiger charge is 2.13. The van der Waals surface area contributed by atoms with E-state index in [9.17, 15) is 16.8 Å². The second-order valence-corrected chi connectivity index (χ2v) is 9.41. The molecule has 0 atom stereocenters. The van der Waals surface area contributed by atoms with Gasteiger partial charge < -0.3 is 0 Å². The van der Waals surface area contributed by atoms with Gasteiger partial charge in [0.2, 0.25) is 20.0 Å². The van der Waals surface area contributed by atoms with Crippen LogP contribution in [0.4, 0.5) is 0 Å². The molecule has 0 amide bonds. The van der Waals surface area contributed by atoms with Crippen molar-refractivity contribution in [3.05, 3.63) is 59.7 Å². The molecule has 0 aromatic heterocycles. The summed E-state index contributed by atoms with van der Waals surface area (Å²) in [6.07, 6.45) is 3.56. The van der Waals surface area contributed by atoms with Crippen molar-refractivity contribution in [1.82, 2.24) is 4.72 Å². The third-order valence-electron chi connectivity index (χ3n) is 4.01. The Bertz CT molecular complexity index is 920. The van der Waals surface area contributed by atoms with Gasteiger partial charge in [0.25, 0.3) is 0 Å². The summed E-state index contributed by atoms with van der Waals surface area (Å²) in [6.45, 7) is 2.33. The Balaban J connectivity index is 1.93. The van der Waals surface area contributed by atoms with Crippen LogP contribution in [0.15, 0.2) is 58.3 Å². The molecule has 0 radical (unpaired) electrons. The minimum absolute atomic E-state index is 0.0324. The first-order chi connectivity index (χ1) is 12.2. The molecule has 0 aliphatic heterocycles. The van der Waals surface area contributed by atoms with Crippen molar-refractivity contribution < 1.29 is 16.8 Å². The van der Waals surface area contributed by atoms with Gasteiger partial charge in [-0.05, 0) is 54.7 Å². The van der Waals surface area contributed by atoms with Gasteiger partial charge in [-0.25, -0.2) is 26.7 Å². The first kappa shape index (κ1) is 20.6. The molecular formula is C18H24N2O4S2. The van der Waals surface area contributed by atoms with E-state index in [-0.39, 0.29) is 16.3 Å². The van der Waals surface area contributed by atoms with Crippen LogP contribution >= 0.6 is 0 Å². The van der Waals surface area contributed by atoms with Crippen LogP contribution in [0.3, 0.4) is 0 Å². The zero-order chi connectivity index (χ0) is 19.2. The molecule has 3 N–H and O–H groups in total. The highest BCUT2D eigenvalue weighted by Crippen LogP contribution is 2.13. The molecule has 0 unspecified atom stereocenters. The van der Waals surface area contributed by atoms with E-state index in [1.165, 1.54) is 12.1 Å². The zero-order valence-electron chi connectivity index (χ0n) is 14.7. The van der Waals surface area contributed by atoms with Crippen LogP contribution in [0, 0.1) is 0 Å². The number of aryl methyl sites for hydroxylation is 1. The number of benzene rings is 2. The van der Waals surface area contributed by atoms with E-state index in [1.54, 1.807) is 24.3 Å². The number of nitrogens with two attached hydrogens (primary N) is 1. The van der Waals surface area contributed by atoms with Crippen LogP contribution < -0.4 is 9.86 Å². The fraction of sp³-hybridized carbons (Fsp3) is 0.333. The van der Waals surface area contributed by atoms with Gasteiger partial charge in [-0.2, -0.15) is 0 Å². The molecule has 0 saturated carbocycles. The van der Waals surface area contributed by atoms with E-state index in [1.807, 2.05) is 12.1 Å². The van der Waals surface area contributed by atoms with Crippen LogP contribution in [-0.2, 0) is 32.9 Å². The average molecular weight is 397 g/mol. The Hall–Kier alpha value is -1.74. The predicted octanol–water partition coefficient (Wildman–Crippen LogP) is 2.20. The van der Waals surface area contributed by atoms with Gasteiger partial charge in [0.1, 0.15) is 0 Å². The van der Waals surface area contributed by atoms with Gasteiger partial charge in [-0.15, -0.1) is 0 Å². The van der Waals surface area contributed by atoms with Gasteiger partial charge in [0, 0.05) is 6.54 Å². The highest BCUT2D eigenvalue weighted by molar-refractivity contribution is 7.89. The summed E-state index contributed by atoms with van der Waals surface area (Å²) in [4.78, 5) is 0.271. The van der Waals surface area contributed by atoms with Crippen molar-refractivity contribution in [1.29, 1.82) is 0 Å². The summed E-state index contributed by atoms with van der Waals surface area (Å²) in [7, 11) is -7.29. The van der Waals surface area contributed by atoms with Gasteiger partial charge in [0.15, 0.2) is 0 Å². The van der Waals surface area contributed by atoms with Crippen LogP contribution in [0.1, 0.15) is 30.9 Å². The largest absolute Gasteiger partial charge is 0.240 e. The first-order valence-electron chi connectivity index (χ1n) is 8.43. The standard InChI is InChI=1S/C18H24N2O4S2/c1-2-3-4-15-7-11-18(12-8-15)26(23,24)20-14-13-16-5-9-17(10-6-16)25(19,21)22/h5-12,20H,2-4,13-14H2,1H3,(H2,19,21,22). The maximum Gasteiger partial charge on any atom is 0.240 e. The molecule has 0 fully saturated rings. The van der Waals surface area contributed by atoms with E-state index in [0.29, 0.717) is 6.42 Å². The molecule has 26 heavy (non-hydrogen) atoms. The molecule has 2 aromatic carbocycles. The summed E-state index contributed by atoms with van der Waals surface area (Å²) >= 11 is 0. The van der Waals surface area contributed by atoms with Crippen LogP contribution in [0.5, 0.6) is 0 Å². The van der Waals surface area contributed by atoms with Crippen molar-refractivity contribution in [3.8, 4) is 0 Å². The molecule has 0 aliphatic rings. The number of sulfonamides is 2. The third kappa shape index (κ3) is 5.91. The molecule has 0 aliphatic carbocycles. The minimum atomic E-state index is -3.72. The van der Waals surface area contributed by atoms with Crippen molar-refractivity contribution in [2.75, 3.05) is 6.54 Å². The Morgan fingerprint density at radius 2 is 1.31 bits per heavy atom. The number of hydrogen-bond donors (Lipinski definition) is 2. The minimum Gasteiger partial charge on any atom is -0.225 e. The molecule has 0 saturated heterocycles. The second kappa shape index (κ2) is 8.77. The Kier molecular flexibility index (Phi) is 6.94. The van der Waals surface area contributed by atoms with Gasteiger partial charge >= 0.3 is 0 Å². The fourth-order valence-electron chi connectivity index (χ4n) is 2.48. The Morgan fingerprint density at radius 3 is 1.81 bits per heavy atom. The summed E-state index contributed by atoms with van der Waals surface area (Å²) in [6, 6.07) is 13.0. The summed E-state index contributed by atoms with van der Waals surface area (Å²) in [5, 5.41) is 5.05. The molecule has 2 aromatic rings. The van der Waals surface area contributed by atoms with Crippen molar-refractivity contribution in [2.24, 2.45) is 5.14 Å². The van der Waals surface area contributed by atoms with Crippen LogP contribution in [0.2, 0.25) is 0 Å². The first-order valence-corrected chi connectivity index (χ1v) is 11.5. The fourth-order valence-corrected chi connectivity index (χ4v) is 4.02. The molecule has 0 spiro atoms. The Morgan fingerprint density at radius 1 is 0.808 bits per heavy atom. The quantitative estimate of drug-likeness (QED) is 0.677. The van der Waals surface area contributed by atoms with E-state index >= 15 is 0 Å². The topological polar surface area (TPSA) is 106 Å². The number of hydrogen-bond acceptors (Lipinski definition) is 4. The molecule has 0 heterocycles. The SMILES string of the molecule is CCCCc1ccc(S(=O)(=O)NCCc2ccc(S(N)(=O)=O)cc2)cc1. The monoisotopic (exact) mass is 396 g/mol. The van der Waals surface area contributed by atoms with Crippen molar-refractivity contribution in [2.45, 2.75) is 42.4 Å². The average Bonchev–Trinajstić information content (AvgIpc) is 2.60. The lowest BCUT2D eigenvalue weighted by Gasteiger charge is -2.08. The van der Waals surface area contributed by atoms with Crippen LogP contribution in [-0.4, -0.2) is 23.4 Å². The molecule has 0 bridgehead atoms. The van der Waals surface area contributed by atoms with Gasteiger partial charge in [-0.1, -0.05) is 37.6 Å². The summed E-state index contributed by atoms with van der Waals surface area (Å²) in [5.41, 5.74) is 1.94.